The van der Waals surface area contributed by atoms with Gasteiger partial charge >= 0.3 is 0 Å². The third kappa shape index (κ3) is 3.52. The third-order valence-corrected chi connectivity index (χ3v) is 1.93. The molecule has 0 fully saturated rings. The van der Waals surface area contributed by atoms with Crippen molar-refractivity contribution in [3.05, 3.63) is 0 Å². The van der Waals surface area contributed by atoms with Crippen LogP contribution in [0, 0.1) is 0 Å². The zero-order valence-electron chi connectivity index (χ0n) is 8.96. The second-order valence-corrected chi connectivity index (χ2v) is 3.64. The number of nitrogens with two attached hydrogens (primary N) is 1. The van der Waals surface area contributed by atoms with E-state index in [1.54, 1.807) is 0 Å². The van der Waals surface area contributed by atoms with Gasteiger partial charge in [0.1, 0.15) is 6.29 Å². The lowest BCUT2D eigenvalue weighted by molar-refractivity contribution is 0.0948. The first-order valence-electron chi connectivity index (χ1n) is 4.77. The summed E-state index contributed by atoms with van der Waals surface area (Å²) in [6, 6.07) is 0.970. The lowest BCUT2D eigenvalue weighted by atomic mass is 10.2. The summed E-state index contributed by atoms with van der Waals surface area (Å²) in [6.45, 7) is 11.6. The zero-order chi connectivity index (χ0) is 9.72. The van der Waals surface area contributed by atoms with Crippen LogP contribution in [0.2, 0.25) is 0 Å². The molecule has 74 valence electrons. The molecule has 0 aliphatic heterocycles. The molecule has 12 heavy (non-hydrogen) atoms. The van der Waals surface area contributed by atoms with E-state index in [2.05, 4.69) is 44.8 Å². The van der Waals surface area contributed by atoms with E-state index in [1.807, 2.05) is 0 Å². The summed E-state index contributed by atoms with van der Waals surface area (Å²) in [4.78, 5) is 2.25. The Labute approximate surface area is 76.3 Å². The fourth-order valence-electron chi connectivity index (χ4n) is 1.55. The molecule has 1 unspecified atom stereocenters. The molecule has 0 radical (unpaired) electrons. The highest BCUT2D eigenvalue weighted by atomic mass is 15.4. The van der Waals surface area contributed by atoms with Crippen molar-refractivity contribution in [3.8, 4) is 0 Å². The number of rotatable bonds is 5. The van der Waals surface area contributed by atoms with Crippen molar-refractivity contribution in [1.82, 2.24) is 10.2 Å². The molecule has 0 saturated carbocycles. The summed E-state index contributed by atoms with van der Waals surface area (Å²) in [5, 5.41) is 3.21. The molecule has 0 saturated heterocycles. The summed E-state index contributed by atoms with van der Waals surface area (Å²) < 4.78 is 0. The van der Waals surface area contributed by atoms with Gasteiger partial charge in [-0.25, -0.2) is 0 Å². The van der Waals surface area contributed by atoms with Crippen molar-refractivity contribution in [2.45, 2.75) is 53.0 Å². The molecule has 0 aliphatic carbocycles. The first-order valence-corrected chi connectivity index (χ1v) is 4.77. The van der Waals surface area contributed by atoms with Gasteiger partial charge in [-0.15, -0.1) is 0 Å². The Morgan fingerprint density at radius 3 is 1.83 bits per heavy atom. The average Bonchev–Trinajstić information content (AvgIpc) is 1.85. The molecule has 0 aromatic rings. The molecule has 0 bridgehead atoms. The van der Waals surface area contributed by atoms with Crippen molar-refractivity contribution in [2.24, 2.45) is 5.73 Å². The summed E-state index contributed by atoms with van der Waals surface area (Å²) >= 11 is 0. The predicted octanol–water partition coefficient (Wildman–Crippen LogP) is 0.957. The van der Waals surface area contributed by atoms with Crippen LogP contribution >= 0.6 is 0 Å². The van der Waals surface area contributed by atoms with Gasteiger partial charge in [-0.3, -0.25) is 10.2 Å². The molecule has 0 aromatic heterocycles. The van der Waals surface area contributed by atoms with E-state index in [1.165, 1.54) is 0 Å². The van der Waals surface area contributed by atoms with Gasteiger partial charge in [0.25, 0.3) is 0 Å². The van der Waals surface area contributed by atoms with Crippen LogP contribution in [0.25, 0.3) is 0 Å². The van der Waals surface area contributed by atoms with Crippen molar-refractivity contribution in [2.75, 3.05) is 6.54 Å². The quantitative estimate of drug-likeness (QED) is 0.608. The lowest BCUT2D eigenvalue weighted by Gasteiger charge is -2.36. The van der Waals surface area contributed by atoms with Crippen molar-refractivity contribution >= 4 is 0 Å². The van der Waals surface area contributed by atoms with Crippen molar-refractivity contribution in [3.63, 3.8) is 0 Å². The van der Waals surface area contributed by atoms with E-state index in [0.717, 1.165) is 6.54 Å². The summed E-state index contributed by atoms with van der Waals surface area (Å²) in [5.41, 5.74) is 5.95. The monoisotopic (exact) mass is 173 g/mol. The molecular formula is C9H23N3. The van der Waals surface area contributed by atoms with Crippen LogP contribution < -0.4 is 11.1 Å². The molecule has 3 N–H and O–H groups in total. The average molecular weight is 173 g/mol. The molecule has 3 heteroatoms. The maximum atomic E-state index is 5.95. The molecule has 0 heterocycles. The second kappa shape index (κ2) is 5.51. The van der Waals surface area contributed by atoms with Gasteiger partial charge in [0.15, 0.2) is 0 Å². The van der Waals surface area contributed by atoms with E-state index in [0.29, 0.717) is 12.1 Å². The molecule has 0 amide bonds. The topological polar surface area (TPSA) is 41.3 Å². The molecule has 1 atom stereocenters. The summed E-state index contributed by atoms with van der Waals surface area (Å²) in [5.74, 6) is 0. The lowest BCUT2D eigenvalue weighted by Crippen LogP contribution is -2.57. The normalized spacial score (nSPS) is 14.8. The standard InChI is InChI=1S/C9H23N3/c1-6-11-9(10)12(7(2)3)8(4)5/h7-9,11H,6,10H2,1-5H3. The van der Waals surface area contributed by atoms with Gasteiger partial charge in [0.2, 0.25) is 0 Å². The van der Waals surface area contributed by atoms with Crippen LogP contribution in [-0.4, -0.2) is 29.8 Å². The smallest absolute Gasteiger partial charge is 0.112 e. The van der Waals surface area contributed by atoms with Crippen LogP contribution in [0.15, 0.2) is 0 Å². The van der Waals surface area contributed by atoms with E-state index in [9.17, 15) is 0 Å². The second-order valence-electron chi connectivity index (χ2n) is 3.64. The summed E-state index contributed by atoms with van der Waals surface area (Å²) in [6.07, 6.45) is -0.0185. The van der Waals surface area contributed by atoms with Gasteiger partial charge in [-0.05, 0) is 34.2 Å². The Bertz CT molecular complexity index is 104. The maximum Gasteiger partial charge on any atom is 0.112 e. The van der Waals surface area contributed by atoms with E-state index >= 15 is 0 Å². The Morgan fingerprint density at radius 1 is 1.17 bits per heavy atom. The Balaban J connectivity index is 4.09. The van der Waals surface area contributed by atoms with E-state index in [-0.39, 0.29) is 6.29 Å². The van der Waals surface area contributed by atoms with Crippen LogP contribution in [0.5, 0.6) is 0 Å². The van der Waals surface area contributed by atoms with Crippen molar-refractivity contribution < 1.29 is 0 Å². The fraction of sp³-hybridized carbons (Fsp3) is 1.00. The van der Waals surface area contributed by atoms with Crippen molar-refractivity contribution in [1.29, 1.82) is 0 Å². The number of nitrogens with zero attached hydrogens (tertiary/aromatic N) is 1. The van der Waals surface area contributed by atoms with Gasteiger partial charge in [-0.1, -0.05) is 6.92 Å². The maximum absolute atomic E-state index is 5.95. The molecule has 3 nitrogen and oxygen atoms in total. The number of nitrogens with one attached hydrogen (secondary N) is 1. The highest BCUT2D eigenvalue weighted by Gasteiger charge is 2.18. The minimum atomic E-state index is -0.0185. The van der Waals surface area contributed by atoms with Gasteiger partial charge < -0.3 is 5.73 Å². The van der Waals surface area contributed by atoms with Crippen LogP contribution in [0.1, 0.15) is 34.6 Å². The Hall–Kier alpha value is -0.120. The molecule has 0 spiro atoms. The van der Waals surface area contributed by atoms with Gasteiger partial charge in [0, 0.05) is 12.1 Å². The minimum absolute atomic E-state index is 0.0185. The first kappa shape index (κ1) is 11.9. The highest BCUT2D eigenvalue weighted by molar-refractivity contribution is 4.71. The van der Waals surface area contributed by atoms with Crippen LogP contribution in [0.3, 0.4) is 0 Å². The van der Waals surface area contributed by atoms with Crippen LogP contribution in [-0.2, 0) is 0 Å². The zero-order valence-corrected chi connectivity index (χ0v) is 8.96. The fourth-order valence-corrected chi connectivity index (χ4v) is 1.55. The Kier molecular flexibility index (Phi) is 5.46. The van der Waals surface area contributed by atoms with E-state index in [4.69, 9.17) is 5.73 Å². The molecular weight excluding hydrogens is 150 g/mol. The molecule has 0 aliphatic rings. The van der Waals surface area contributed by atoms with E-state index < -0.39 is 0 Å². The Morgan fingerprint density at radius 2 is 1.58 bits per heavy atom. The third-order valence-electron chi connectivity index (χ3n) is 1.93. The van der Waals surface area contributed by atoms with Gasteiger partial charge in [-0.2, -0.15) is 0 Å². The highest BCUT2D eigenvalue weighted by Crippen LogP contribution is 2.05. The first-order chi connectivity index (χ1) is 5.50. The SMILES string of the molecule is CCNC(N)N(C(C)C)C(C)C. The van der Waals surface area contributed by atoms with Crippen LogP contribution in [0.4, 0.5) is 0 Å². The minimum Gasteiger partial charge on any atom is -0.303 e. The predicted molar refractivity (Wildman–Crippen MR) is 53.8 cm³/mol. The number of hydrogen-bond acceptors (Lipinski definition) is 3. The summed E-state index contributed by atoms with van der Waals surface area (Å²) in [7, 11) is 0. The number of hydrogen-bond donors (Lipinski definition) is 2. The largest absolute Gasteiger partial charge is 0.303 e. The molecule has 0 rings (SSSR count). The molecule has 0 aromatic carbocycles. The van der Waals surface area contributed by atoms with Gasteiger partial charge in [0.05, 0.1) is 0 Å².